The lowest BCUT2D eigenvalue weighted by atomic mass is 9.79. The van der Waals surface area contributed by atoms with Crippen molar-refractivity contribution in [1.29, 1.82) is 0 Å². The molecule has 0 bridgehead atoms. The Bertz CT molecular complexity index is 822. The Morgan fingerprint density at radius 1 is 0.815 bits per heavy atom. The third-order valence-corrected chi connectivity index (χ3v) is 4.47. The number of rotatable bonds is 3. The second-order valence-corrected chi connectivity index (χ2v) is 8.83. The lowest BCUT2D eigenvalue weighted by molar-refractivity contribution is 0.0600. The largest absolute Gasteiger partial charge is 0.465 e. The van der Waals surface area contributed by atoms with Crippen molar-refractivity contribution in [2.45, 2.75) is 52.4 Å². The molecule has 144 valence electrons. The van der Waals surface area contributed by atoms with Crippen molar-refractivity contribution in [3.8, 4) is 0 Å². The van der Waals surface area contributed by atoms with Gasteiger partial charge in [0.15, 0.2) is 0 Å². The van der Waals surface area contributed by atoms with Crippen molar-refractivity contribution >= 4 is 17.6 Å². The smallest absolute Gasteiger partial charge is 0.337 e. The first-order chi connectivity index (χ1) is 12.4. The number of anilines is 1. The van der Waals surface area contributed by atoms with E-state index in [0.29, 0.717) is 16.8 Å². The highest BCUT2D eigenvalue weighted by Crippen LogP contribution is 2.30. The van der Waals surface area contributed by atoms with E-state index in [9.17, 15) is 9.59 Å². The van der Waals surface area contributed by atoms with Gasteiger partial charge in [0.2, 0.25) is 0 Å². The molecule has 27 heavy (non-hydrogen) atoms. The lowest BCUT2D eigenvalue weighted by Gasteiger charge is -2.26. The molecule has 0 aliphatic rings. The topological polar surface area (TPSA) is 55.4 Å². The van der Waals surface area contributed by atoms with E-state index in [1.807, 2.05) is 12.1 Å². The maximum atomic E-state index is 12.9. The number of esters is 1. The highest BCUT2D eigenvalue weighted by Gasteiger charge is 2.22. The van der Waals surface area contributed by atoms with Gasteiger partial charge in [-0.15, -0.1) is 0 Å². The number of ether oxygens (including phenoxy) is 1. The first kappa shape index (κ1) is 20.7. The summed E-state index contributed by atoms with van der Waals surface area (Å²) >= 11 is 0. The maximum absolute atomic E-state index is 12.9. The molecule has 2 rings (SSSR count). The molecule has 2 aromatic carbocycles. The number of methoxy groups -OCH3 is 1. The van der Waals surface area contributed by atoms with E-state index < -0.39 is 5.97 Å². The van der Waals surface area contributed by atoms with E-state index in [0.717, 1.165) is 11.1 Å². The summed E-state index contributed by atoms with van der Waals surface area (Å²) in [6.45, 7) is 12.8. The number of nitrogens with one attached hydrogen (secondary N) is 1. The summed E-state index contributed by atoms with van der Waals surface area (Å²) in [5.41, 5.74) is 3.65. The van der Waals surface area contributed by atoms with Crippen LogP contribution in [-0.4, -0.2) is 19.0 Å². The van der Waals surface area contributed by atoms with Gasteiger partial charge < -0.3 is 10.1 Å². The molecule has 0 heterocycles. The van der Waals surface area contributed by atoms with Crippen LogP contribution in [0.25, 0.3) is 0 Å². The number of carbonyl (C=O) groups is 2. The van der Waals surface area contributed by atoms with E-state index in [1.54, 1.807) is 24.3 Å². The van der Waals surface area contributed by atoms with Gasteiger partial charge in [-0.05, 0) is 52.3 Å². The number of carbonyl (C=O) groups excluding carboxylic acids is 2. The molecule has 0 unspecified atom stereocenters. The molecule has 4 nitrogen and oxygen atoms in total. The molecule has 0 spiro atoms. The lowest BCUT2D eigenvalue weighted by Crippen LogP contribution is -2.20. The van der Waals surface area contributed by atoms with Crippen LogP contribution >= 0.6 is 0 Å². The summed E-state index contributed by atoms with van der Waals surface area (Å²) in [4.78, 5) is 24.6. The fourth-order valence-corrected chi connectivity index (χ4v) is 2.67. The Balaban J connectivity index is 2.40. The first-order valence-electron chi connectivity index (χ1n) is 9.07. The van der Waals surface area contributed by atoms with Crippen molar-refractivity contribution in [2.75, 3.05) is 12.4 Å². The summed E-state index contributed by atoms with van der Waals surface area (Å²) < 4.78 is 4.74. The summed E-state index contributed by atoms with van der Waals surface area (Å²) in [6.07, 6.45) is 0. The predicted octanol–water partition coefficient (Wildman–Crippen LogP) is 5.32. The molecule has 2 aromatic rings. The molecular weight excluding hydrogens is 338 g/mol. The minimum Gasteiger partial charge on any atom is -0.465 e. The van der Waals surface area contributed by atoms with Crippen molar-refractivity contribution in [3.63, 3.8) is 0 Å². The van der Waals surface area contributed by atoms with Crippen LogP contribution in [-0.2, 0) is 15.6 Å². The molecule has 0 saturated carbocycles. The van der Waals surface area contributed by atoms with Crippen molar-refractivity contribution in [1.82, 2.24) is 0 Å². The van der Waals surface area contributed by atoms with Crippen molar-refractivity contribution < 1.29 is 14.3 Å². The standard InChI is InChI=1S/C23H29NO3/c1-22(2,3)17-11-16(12-18(14-17)23(4,5)6)20(25)24-19-10-8-9-15(13-19)21(26)27-7/h8-14H,1-7H3,(H,24,25). The SMILES string of the molecule is COC(=O)c1cccc(NC(=O)c2cc(C(C)(C)C)cc(C(C)(C)C)c2)c1. The van der Waals surface area contributed by atoms with Gasteiger partial charge in [0.1, 0.15) is 0 Å². The van der Waals surface area contributed by atoms with E-state index in [4.69, 9.17) is 4.74 Å². The second-order valence-electron chi connectivity index (χ2n) is 8.83. The molecule has 1 N–H and O–H groups in total. The fraction of sp³-hybridized carbons (Fsp3) is 0.391. The van der Waals surface area contributed by atoms with E-state index in [1.165, 1.54) is 7.11 Å². The molecule has 0 atom stereocenters. The average Bonchev–Trinajstić information content (AvgIpc) is 2.59. The number of benzene rings is 2. The van der Waals surface area contributed by atoms with Gasteiger partial charge in [-0.1, -0.05) is 53.7 Å². The van der Waals surface area contributed by atoms with Gasteiger partial charge in [-0.3, -0.25) is 4.79 Å². The highest BCUT2D eigenvalue weighted by atomic mass is 16.5. The van der Waals surface area contributed by atoms with E-state index in [2.05, 4.69) is 52.9 Å². The Hall–Kier alpha value is -2.62. The van der Waals surface area contributed by atoms with Gasteiger partial charge in [-0.2, -0.15) is 0 Å². The number of hydrogen-bond donors (Lipinski definition) is 1. The highest BCUT2D eigenvalue weighted by molar-refractivity contribution is 6.05. The minimum absolute atomic E-state index is 0.0684. The third-order valence-electron chi connectivity index (χ3n) is 4.47. The van der Waals surface area contributed by atoms with Crippen molar-refractivity contribution in [2.24, 2.45) is 0 Å². The maximum Gasteiger partial charge on any atom is 0.337 e. The van der Waals surface area contributed by atoms with E-state index in [-0.39, 0.29) is 16.7 Å². The Kier molecular flexibility index (Phi) is 5.79. The molecule has 1 amide bonds. The Labute approximate surface area is 161 Å². The van der Waals surface area contributed by atoms with Gasteiger partial charge in [0.05, 0.1) is 12.7 Å². The predicted molar refractivity (Wildman–Crippen MR) is 110 cm³/mol. The summed E-state index contributed by atoms with van der Waals surface area (Å²) in [5, 5.41) is 2.89. The molecule has 0 aliphatic carbocycles. The van der Waals surface area contributed by atoms with Crippen LogP contribution < -0.4 is 5.32 Å². The zero-order chi connectivity index (χ0) is 20.4. The Morgan fingerprint density at radius 3 is 1.85 bits per heavy atom. The normalized spacial score (nSPS) is 11.8. The summed E-state index contributed by atoms with van der Waals surface area (Å²) in [6, 6.07) is 12.8. The van der Waals surface area contributed by atoms with Crippen LogP contribution in [0.3, 0.4) is 0 Å². The van der Waals surface area contributed by atoms with Gasteiger partial charge in [0, 0.05) is 11.3 Å². The average molecular weight is 367 g/mol. The summed E-state index contributed by atoms with van der Waals surface area (Å²) in [7, 11) is 1.33. The summed E-state index contributed by atoms with van der Waals surface area (Å²) in [5.74, 6) is -0.635. The second kappa shape index (κ2) is 7.55. The minimum atomic E-state index is -0.434. The van der Waals surface area contributed by atoms with E-state index >= 15 is 0 Å². The van der Waals surface area contributed by atoms with Crippen molar-refractivity contribution in [3.05, 3.63) is 64.7 Å². The van der Waals surface area contributed by atoms with Gasteiger partial charge >= 0.3 is 5.97 Å². The number of amides is 1. The Morgan fingerprint density at radius 2 is 1.37 bits per heavy atom. The monoisotopic (exact) mass is 367 g/mol. The van der Waals surface area contributed by atoms with Crippen LogP contribution in [0.4, 0.5) is 5.69 Å². The van der Waals surface area contributed by atoms with Gasteiger partial charge in [-0.25, -0.2) is 4.79 Å². The molecule has 0 fully saturated rings. The molecule has 0 radical (unpaired) electrons. The van der Waals surface area contributed by atoms with Crippen LogP contribution in [0.15, 0.2) is 42.5 Å². The van der Waals surface area contributed by atoms with Crippen LogP contribution in [0, 0.1) is 0 Å². The fourth-order valence-electron chi connectivity index (χ4n) is 2.67. The van der Waals surface area contributed by atoms with Crippen LogP contribution in [0.1, 0.15) is 73.4 Å². The molecular formula is C23H29NO3. The molecule has 0 saturated heterocycles. The molecule has 4 heteroatoms. The zero-order valence-corrected chi connectivity index (χ0v) is 17.3. The third kappa shape index (κ3) is 5.19. The zero-order valence-electron chi connectivity index (χ0n) is 17.3. The molecule has 0 aromatic heterocycles. The van der Waals surface area contributed by atoms with Crippen LogP contribution in [0.5, 0.6) is 0 Å². The quantitative estimate of drug-likeness (QED) is 0.747. The first-order valence-corrected chi connectivity index (χ1v) is 9.07. The van der Waals surface area contributed by atoms with Crippen LogP contribution in [0.2, 0.25) is 0 Å². The molecule has 0 aliphatic heterocycles. The number of hydrogen-bond acceptors (Lipinski definition) is 3. The van der Waals surface area contributed by atoms with Gasteiger partial charge in [0.25, 0.3) is 5.91 Å².